The second kappa shape index (κ2) is 6.88. The van der Waals surface area contributed by atoms with Crippen molar-refractivity contribution in [2.24, 2.45) is 17.6 Å². The molecule has 1 aliphatic rings. The van der Waals surface area contributed by atoms with E-state index in [2.05, 4.69) is 32.6 Å². The van der Waals surface area contributed by atoms with E-state index in [0.717, 1.165) is 25.6 Å². The summed E-state index contributed by atoms with van der Waals surface area (Å²) in [5, 5.41) is 0. The van der Waals surface area contributed by atoms with E-state index in [0.29, 0.717) is 12.0 Å². The Balaban J connectivity index is 2.92. The summed E-state index contributed by atoms with van der Waals surface area (Å²) in [6, 6.07) is 0.524. The highest BCUT2D eigenvalue weighted by Gasteiger charge is 2.44. The van der Waals surface area contributed by atoms with E-state index in [1.807, 2.05) is 0 Å². The normalized spacial score (nSPS) is 33.3. The van der Waals surface area contributed by atoms with Crippen LogP contribution in [0.15, 0.2) is 0 Å². The van der Waals surface area contributed by atoms with Gasteiger partial charge in [0.05, 0.1) is 6.61 Å². The zero-order valence-electron chi connectivity index (χ0n) is 12.9. The number of methoxy groups -OCH3 is 1. The van der Waals surface area contributed by atoms with E-state index in [1.165, 1.54) is 19.3 Å². The molecule has 108 valence electrons. The molecule has 0 amide bonds. The van der Waals surface area contributed by atoms with Crippen LogP contribution in [-0.2, 0) is 4.74 Å². The van der Waals surface area contributed by atoms with Crippen molar-refractivity contribution < 1.29 is 4.74 Å². The molecule has 2 N–H and O–H groups in total. The molecular formula is C15H32N2O. The third-order valence-electron chi connectivity index (χ3n) is 4.80. The van der Waals surface area contributed by atoms with Crippen LogP contribution in [0.2, 0.25) is 0 Å². The standard InChI is InChI=1S/C15H32N2O/c1-12(2)17(8-9-18-5)15(11-16)10-13(3)6-7-14(15)4/h12-14H,6-11,16H2,1-5H3. The number of hydrogen-bond acceptors (Lipinski definition) is 3. The fourth-order valence-electron chi connectivity index (χ4n) is 3.70. The molecule has 0 aromatic heterocycles. The van der Waals surface area contributed by atoms with Gasteiger partial charge in [0.2, 0.25) is 0 Å². The molecule has 0 heterocycles. The highest BCUT2D eigenvalue weighted by Crippen LogP contribution is 2.41. The zero-order chi connectivity index (χ0) is 13.8. The molecule has 1 saturated carbocycles. The van der Waals surface area contributed by atoms with Crippen molar-refractivity contribution in [2.75, 3.05) is 26.8 Å². The Morgan fingerprint density at radius 3 is 2.50 bits per heavy atom. The van der Waals surface area contributed by atoms with Gasteiger partial charge in [-0.15, -0.1) is 0 Å². The molecule has 3 atom stereocenters. The molecular weight excluding hydrogens is 224 g/mol. The second-order valence-corrected chi connectivity index (χ2v) is 6.38. The Bertz CT molecular complexity index is 245. The molecule has 0 aliphatic heterocycles. The van der Waals surface area contributed by atoms with Gasteiger partial charge in [0.25, 0.3) is 0 Å². The number of ether oxygens (including phenoxy) is 1. The largest absolute Gasteiger partial charge is 0.383 e. The van der Waals surface area contributed by atoms with Crippen LogP contribution in [0, 0.1) is 11.8 Å². The van der Waals surface area contributed by atoms with E-state index < -0.39 is 0 Å². The lowest BCUT2D eigenvalue weighted by molar-refractivity contribution is -0.0356. The minimum atomic E-state index is 0.171. The van der Waals surface area contributed by atoms with Gasteiger partial charge in [0, 0.05) is 31.8 Å². The van der Waals surface area contributed by atoms with Crippen LogP contribution in [0.5, 0.6) is 0 Å². The highest BCUT2D eigenvalue weighted by molar-refractivity contribution is 5.00. The summed E-state index contributed by atoms with van der Waals surface area (Å²) in [6.45, 7) is 11.8. The van der Waals surface area contributed by atoms with Crippen LogP contribution < -0.4 is 5.73 Å². The molecule has 0 bridgehead atoms. The van der Waals surface area contributed by atoms with E-state index >= 15 is 0 Å². The molecule has 0 aromatic carbocycles. The minimum Gasteiger partial charge on any atom is -0.383 e. The third kappa shape index (κ3) is 3.25. The van der Waals surface area contributed by atoms with Crippen LogP contribution >= 0.6 is 0 Å². The Hall–Kier alpha value is -0.120. The molecule has 0 aromatic rings. The predicted octanol–water partition coefficient (Wildman–Crippen LogP) is 2.50. The van der Waals surface area contributed by atoms with Crippen molar-refractivity contribution in [3.63, 3.8) is 0 Å². The van der Waals surface area contributed by atoms with Gasteiger partial charge in [0.15, 0.2) is 0 Å². The Kier molecular flexibility index (Phi) is 6.09. The van der Waals surface area contributed by atoms with Crippen molar-refractivity contribution in [1.82, 2.24) is 4.90 Å². The molecule has 3 nitrogen and oxygen atoms in total. The highest BCUT2D eigenvalue weighted by atomic mass is 16.5. The monoisotopic (exact) mass is 256 g/mol. The minimum absolute atomic E-state index is 0.171. The average molecular weight is 256 g/mol. The number of hydrogen-bond donors (Lipinski definition) is 1. The lowest BCUT2D eigenvalue weighted by atomic mass is 9.68. The first-order chi connectivity index (χ1) is 8.47. The topological polar surface area (TPSA) is 38.5 Å². The zero-order valence-corrected chi connectivity index (χ0v) is 12.9. The summed E-state index contributed by atoms with van der Waals surface area (Å²) in [5.74, 6) is 1.46. The first kappa shape index (κ1) is 15.9. The number of nitrogens with zero attached hydrogens (tertiary/aromatic N) is 1. The molecule has 3 unspecified atom stereocenters. The molecule has 0 saturated heterocycles. The molecule has 0 radical (unpaired) electrons. The molecule has 1 aliphatic carbocycles. The maximum absolute atomic E-state index is 6.22. The van der Waals surface area contributed by atoms with Crippen LogP contribution in [0.3, 0.4) is 0 Å². The molecule has 1 rings (SSSR count). The third-order valence-corrected chi connectivity index (χ3v) is 4.80. The fraction of sp³-hybridized carbons (Fsp3) is 1.00. The van der Waals surface area contributed by atoms with Crippen molar-refractivity contribution in [2.45, 2.75) is 58.5 Å². The summed E-state index contributed by atoms with van der Waals surface area (Å²) >= 11 is 0. The summed E-state index contributed by atoms with van der Waals surface area (Å²) in [7, 11) is 1.78. The molecule has 3 heteroatoms. The average Bonchev–Trinajstić information content (AvgIpc) is 2.33. The molecule has 0 spiro atoms. The summed E-state index contributed by atoms with van der Waals surface area (Å²) < 4.78 is 5.28. The van der Waals surface area contributed by atoms with E-state index in [4.69, 9.17) is 10.5 Å². The van der Waals surface area contributed by atoms with E-state index in [1.54, 1.807) is 7.11 Å². The maximum Gasteiger partial charge on any atom is 0.0590 e. The van der Waals surface area contributed by atoms with Gasteiger partial charge in [0.1, 0.15) is 0 Å². The van der Waals surface area contributed by atoms with Crippen LogP contribution in [-0.4, -0.2) is 43.3 Å². The Labute approximate surface area is 113 Å². The Morgan fingerprint density at radius 2 is 2.00 bits per heavy atom. The summed E-state index contributed by atoms with van der Waals surface area (Å²) in [6.07, 6.45) is 3.88. The fourth-order valence-corrected chi connectivity index (χ4v) is 3.70. The lowest BCUT2D eigenvalue weighted by Crippen LogP contribution is -2.63. The Morgan fingerprint density at radius 1 is 1.33 bits per heavy atom. The van der Waals surface area contributed by atoms with Crippen molar-refractivity contribution in [1.29, 1.82) is 0 Å². The van der Waals surface area contributed by atoms with Gasteiger partial charge < -0.3 is 10.5 Å². The number of nitrogens with two attached hydrogens (primary N) is 1. The van der Waals surface area contributed by atoms with Gasteiger partial charge in [-0.1, -0.05) is 20.3 Å². The second-order valence-electron chi connectivity index (χ2n) is 6.38. The quantitative estimate of drug-likeness (QED) is 0.793. The van der Waals surface area contributed by atoms with Crippen LogP contribution in [0.25, 0.3) is 0 Å². The van der Waals surface area contributed by atoms with Crippen molar-refractivity contribution >= 4 is 0 Å². The van der Waals surface area contributed by atoms with Crippen molar-refractivity contribution in [3.05, 3.63) is 0 Å². The van der Waals surface area contributed by atoms with Gasteiger partial charge in [-0.05, 0) is 38.5 Å². The first-order valence-corrected chi connectivity index (χ1v) is 7.43. The van der Waals surface area contributed by atoms with E-state index in [-0.39, 0.29) is 5.54 Å². The van der Waals surface area contributed by atoms with Crippen LogP contribution in [0.4, 0.5) is 0 Å². The van der Waals surface area contributed by atoms with Gasteiger partial charge >= 0.3 is 0 Å². The van der Waals surface area contributed by atoms with Gasteiger partial charge in [-0.2, -0.15) is 0 Å². The van der Waals surface area contributed by atoms with Gasteiger partial charge in [-0.25, -0.2) is 0 Å². The SMILES string of the molecule is COCCN(C(C)C)C1(CN)CC(C)CCC1C. The predicted molar refractivity (Wildman–Crippen MR) is 77.7 cm³/mol. The number of rotatable bonds is 6. The van der Waals surface area contributed by atoms with Gasteiger partial charge in [-0.3, -0.25) is 4.90 Å². The van der Waals surface area contributed by atoms with Crippen molar-refractivity contribution in [3.8, 4) is 0 Å². The van der Waals surface area contributed by atoms with Crippen LogP contribution in [0.1, 0.15) is 47.0 Å². The maximum atomic E-state index is 6.22. The van der Waals surface area contributed by atoms with E-state index in [9.17, 15) is 0 Å². The first-order valence-electron chi connectivity index (χ1n) is 7.43. The molecule has 18 heavy (non-hydrogen) atoms. The summed E-state index contributed by atoms with van der Waals surface area (Å²) in [5.41, 5.74) is 6.39. The lowest BCUT2D eigenvalue weighted by Gasteiger charge is -2.53. The molecule has 1 fully saturated rings. The summed E-state index contributed by atoms with van der Waals surface area (Å²) in [4.78, 5) is 2.59. The smallest absolute Gasteiger partial charge is 0.0590 e.